The van der Waals surface area contributed by atoms with Crippen molar-refractivity contribution < 1.29 is 19.4 Å². The van der Waals surface area contributed by atoms with Crippen molar-refractivity contribution in [1.29, 1.82) is 0 Å². The molecule has 0 aliphatic carbocycles. The van der Waals surface area contributed by atoms with Crippen LogP contribution in [0.15, 0.2) is 0 Å². The molecular formula is C11H19N3O4. The van der Waals surface area contributed by atoms with Gasteiger partial charge in [0.15, 0.2) is 0 Å². The topological polar surface area (TPSA) is 82.1 Å². The van der Waals surface area contributed by atoms with Crippen molar-refractivity contribution in [3.8, 4) is 0 Å². The van der Waals surface area contributed by atoms with E-state index in [9.17, 15) is 14.7 Å². The minimum Gasteiger partial charge on any atom is -0.443 e. The highest BCUT2D eigenvalue weighted by Crippen LogP contribution is 2.37. The van der Waals surface area contributed by atoms with Crippen LogP contribution in [0.3, 0.4) is 0 Å². The maximum absolute atomic E-state index is 11.8. The quantitative estimate of drug-likeness (QED) is 0.652. The van der Waals surface area contributed by atoms with E-state index >= 15 is 0 Å². The summed E-state index contributed by atoms with van der Waals surface area (Å²) in [6.45, 7) is 7.88. The minimum absolute atomic E-state index is 0.264. The summed E-state index contributed by atoms with van der Waals surface area (Å²) < 4.78 is 4.99. The van der Waals surface area contributed by atoms with Crippen LogP contribution in [0.1, 0.15) is 27.7 Å². The van der Waals surface area contributed by atoms with Crippen LogP contribution in [0.25, 0.3) is 0 Å². The fourth-order valence-electron chi connectivity index (χ4n) is 2.26. The number of carbonyl (C=O) groups is 2. The first-order valence-corrected chi connectivity index (χ1v) is 5.90. The normalized spacial score (nSPS) is 33.9. The number of nitrogens with zero attached hydrogens (tertiary/aromatic N) is 2. The van der Waals surface area contributed by atoms with Crippen molar-refractivity contribution in [2.75, 3.05) is 13.1 Å². The first-order chi connectivity index (χ1) is 8.10. The number of rotatable bonds is 0. The molecule has 3 atom stereocenters. The number of hydrazine groups is 1. The lowest BCUT2D eigenvalue weighted by molar-refractivity contribution is -0.0726. The van der Waals surface area contributed by atoms with Gasteiger partial charge in [-0.2, -0.15) is 0 Å². The third-order valence-electron chi connectivity index (χ3n) is 3.02. The smallest absolute Gasteiger partial charge is 0.415 e. The van der Waals surface area contributed by atoms with Crippen molar-refractivity contribution in [2.45, 2.75) is 44.9 Å². The Bertz CT molecular complexity index is 388. The highest BCUT2D eigenvalue weighted by Gasteiger charge is 2.59. The second kappa shape index (κ2) is 3.83. The molecule has 3 amide bonds. The van der Waals surface area contributed by atoms with E-state index in [0.29, 0.717) is 13.1 Å². The standard InChI is InChI=1S/C11H19N3O4/c1-10(2,3)18-9(16)12-8(15)14-7-5-13(14)6-11(7,4)17/h7,17H,5-6H2,1-4H3,(H,12,15,16)/t7-,11-/m1/s1. The molecule has 0 saturated carbocycles. The lowest BCUT2D eigenvalue weighted by Crippen LogP contribution is -2.64. The van der Waals surface area contributed by atoms with Crippen molar-refractivity contribution >= 4 is 12.1 Å². The van der Waals surface area contributed by atoms with Gasteiger partial charge < -0.3 is 9.84 Å². The lowest BCUT2D eigenvalue weighted by atomic mass is 10.0. The molecule has 0 radical (unpaired) electrons. The second-order valence-corrected chi connectivity index (χ2v) is 6.00. The summed E-state index contributed by atoms with van der Waals surface area (Å²) in [5.41, 5.74) is -1.56. The van der Waals surface area contributed by atoms with E-state index in [0.717, 1.165) is 0 Å². The number of hydrogen-bond acceptors (Lipinski definition) is 5. The molecule has 2 bridgehead atoms. The summed E-state index contributed by atoms with van der Waals surface area (Å²) >= 11 is 0. The molecule has 1 unspecified atom stereocenters. The van der Waals surface area contributed by atoms with Gasteiger partial charge in [-0.05, 0) is 27.7 Å². The molecule has 3 rings (SSSR count). The van der Waals surface area contributed by atoms with E-state index < -0.39 is 23.3 Å². The molecule has 3 aliphatic rings. The third-order valence-corrected chi connectivity index (χ3v) is 3.02. The van der Waals surface area contributed by atoms with E-state index in [-0.39, 0.29) is 6.04 Å². The maximum atomic E-state index is 11.8. The van der Waals surface area contributed by atoms with Gasteiger partial charge in [0, 0.05) is 13.1 Å². The van der Waals surface area contributed by atoms with Gasteiger partial charge in [-0.1, -0.05) is 0 Å². The molecule has 7 heteroatoms. The highest BCUT2D eigenvalue weighted by atomic mass is 16.6. The Balaban J connectivity index is 1.90. The number of alkyl carbamates (subject to hydrolysis) is 1. The fraction of sp³-hybridized carbons (Fsp3) is 0.818. The van der Waals surface area contributed by atoms with Crippen molar-refractivity contribution in [3.05, 3.63) is 0 Å². The van der Waals surface area contributed by atoms with Crippen LogP contribution in [0.5, 0.6) is 0 Å². The van der Waals surface area contributed by atoms with Gasteiger partial charge in [0.25, 0.3) is 0 Å². The lowest BCUT2D eigenvalue weighted by Gasteiger charge is -2.42. The number of aliphatic hydroxyl groups is 1. The molecule has 7 nitrogen and oxygen atoms in total. The summed E-state index contributed by atoms with van der Waals surface area (Å²) in [7, 11) is 0. The number of amides is 3. The van der Waals surface area contributed by atoms with Crippen molar-refractivity contribution in [1.82, 2.24) is 15.3 Å². The van der Waals surface area contributed by atoms with Gasteiger partial charge in [-0.15, -0.1) is 0 Å². The average molecular weight is 257 g/mol. The maximum Gasteiger partial charge on any atom is 0.415 e. The van der Waals surface area contributed by atoms with Crippen LogP contribution in [0.4, 0.5) is 9.59 Å². The molecule has 3 fully saturated rings. The van der Waals surface area contributed by atoms with E-state index in [2.05, 4.69) is 5.32 Å². The molecule has 18 heavy (non-hydrogen) atoms. The predicted octanol–water partition coefficient (Wildman–Crippen LogP) is 0.297. The number of nitrogens with one attached hydrogen (secondary N) is 1. The van der Waals surface area contributed by atoms with Gasteiger partial charge in [0.2, 0.25) is 0 Å². The van der Waals surface area contributed by atoms with Crippen LogP contribution in [0, 0.1) is 0 Å². The van der Waals surface area contributed by atoms with Gasteiger partial charge in [0.1, 0.15) is 5.60 Å². The van der Waals surface area contributed by atoms with E-state index in [1.54, 1.807) is 32.7 Å². The number of hydrogen-bond donors (Lipinski definition) is 2. The summed E-state index contributed by atoms with van der Waals surface area (Å²) in [4.78, 5) is 23.3. The second-order valence-electron chi connectivity index (χ2n) is 6.00. The van der Waals surface area contributed by atoms with Gasteiger partial charge in [-0.25, -0.2) is 24.9 Å². The summed E-state index contributed by atoms with van der Waals surface area (Å²) in [5.74, 6) is 0. The Morgan fingerprint density at radius 3 is 2.44 bits per heavy atom. The van der Waals surface area contributed by atoms with Crippen molar-refractivity contribution in [2.24, 2.45) is 0 Å². The monoisotopic (exact) mass is 257 g/mol. The van der Waals surface area contributed by atoms with E-state index in [1.165, 1.54) is 5.01 Å². The molecule has 0 aromatic carbocycles. The van der Waals surface area contributed by atoms with Gasteiger partial charge in [0.05, 0.1) is 11.6 Å². The summed E-state index contributed by atoms with van der Waals surface area (Å²) in [6, 6.07) is -0.821. The predicted molar refractivity (Wildman–Crippen MR) is 62.6 cm³/mol. The van der Waals surface area contributed by atoms with E-state index in [1.807, 2.05) is 0 Å². The Morgan fingerprint density at radius 2 is 2.06 bits per heavy atom. The molecule has 3 heterocycles. The van der Waals surface area contributed by atoms with E-state index in [4.69, 9.17) is 4.74 Å². The Hall–Kier alpha value is -1.34. The van der Waals surface area contributed by atoms with Gasteiger partial charge in [-0.3, -0.25) is 0 Å². The first kappa shape index (κ1) is 13.1. The number of urea groups is 1. The third kappa shape index (κ3) is 2.28. The van der Waals surface area contributed by atoms with Crippen LogP contribution in [-0.2, 0) is 4.74 Å². The molecular weight excluding hydrogens is 238 g/mol. The molecule has 3 aliphatic heterocycles. The number of carbonyl (C=O) groups excluding carboxylic acids is 2. The molecule has 0 aromatic rings. The zero-order valence-corrected chi connectivity index (χ0v) is 11.1. The SMILES string of the molecule is CC(C)(C)OC(=O)NC(=O)N1[C@@H]2CN1C[C@@]2(C)O. The molecule has 0 spiro atoms. The number of imide groups is 1. The van der Waals surface area contributed by atoms with Crippen LogP contribution in [-0.4, -0.2) is 57.6 Å². The zero-order chi connectivity index (χ0) is 13.7. The fourth-order valence-corrected chi connectivity index (χ4v) is 2.26. The molecule has 2 N–H and O–H groups in total. The number of fused-ring (bicyclic) bond motifs is 1. The number of ether oxygens (including phenoxy) is 1. The Kier molecular flexibility index (Phi) is 2.78. The largest absolute Gasteiger partial charge is 0.443 e. The minimum atomic E-state index is -0.911. The van der Waals surface area contributed by atoms with Gasteiger partial charge >= 0.3 is 12.1 Å². The highest BCUT2D eigenvalue weighted by molar-refractivity contribution is 5.91. The molecule has 102 valence electrons. The van der Waals surface area contributed by atoms with Crippen molar-refractivity contribution in [3.63, 3.8) is 0 Å². The average Bonchev–Trinajstić information content (AvgIpc) is 2.48. The Morgan fingerprint density at radius 1 is 1.44 bits per heavy atom. The first-order valence-electron chi connectivity index (χ1n) is 5.90. The summed E-state index contributed by atoms with van der Waals surface area (Å²) in [5, 5.41) is 15.2. The molecule has 0 aromatic heterocycles. The van der Waals surface area contributed by atoms with Crippen LogP contribution in [0.2, 0.25) is 0 Å². The zero-order valence-electron chi connectivity index (χ0n) is 11.1. The summed E-state index contributed by atoms with van der Waals surface area (Å²) in [6.07, 6.45) is -0.778. The molecule has 3 saturated heterocycles. The Labute approximate surface area is 106 Å². The van der Waals surface area contributed by atoms with Crippen LogP contribution < -0.4 is 5.32 Å². The van der Waals surface area contributed by atoms with Crippen LogP contribution >= 0.6 is 0 Å².